The third kappa shape index (κ3) is 7.35. The normalized spacial score (nSPS) is 15.7. The van der Waals surface area contributed by atoms with Crippen LogP contribution >= 0.6 is 11.8 Å². The van der Waals surface area contributed by atoms with Crippen LogP contribution in [0.1, 0.15) is 27.2 Å². The maximum Gasteiger partial charge on any atom is 0.0623 e. The Labute approximate surface area is 86.8 Å². The average Bonchev–Trinajstić information content (AvgIpc) is 2.14. The lowest BCUT2D eigenvalue weighted by Gasteiger charge is -2.18. The van der Waals surface area contributed by atoms with Gasteiger partial charge >= 0.3 is 0 Å². The second kappa shape index (κ2) is 8.85. The monoisotopic (exact) mass is 205 g/mol. The fraction of sp³-hybridized carbons (Fsp3) is 1.00. The van der Waals surface area contributed by atoms with Gasteiger partial charge in [0.25, 0.3) is 0 Å². The van der Waals surface area contributed by atoms with Crippen LogP contribution in [0.15, 0.2) is 0 Å². The Morgan fingerprint density at radius 2 is 2.08 bits per heavy atom. The van der Waals surface area contributed by atoms with Crippen LogP contribution in [0.4, 0.5) is 0 Å². The minimum Gasteiger partial charge on any atom is -0.383 e. The number of ether oxygens (including phenoxy) is 1. The molecule has 0 bridgehead atoms. The topological polar surface area (TPSA) is 21.3 Å². The standard InChI is InChI=1S/C10H23NOS/c1-5-9(3)13-8-10(7-12-4)11-6-2/h9-11H,5-8H2,1-4H3. The molecule has 13 heavy (non-hydrogen) atoms. The van der Waals surface area contributed by atoms with E-state index >= 15 is 0 Å². The van der Waals surface area contributed by atoms with Crippen LogP contribution in [-0.4, -0.2) is 37.3 Å². The number of methoxy groups -OCH3 is 1. The minimum atomic E-state index is 0.508. The van der Waals surface area contributed by atoms with Crippen molar-refractivity contribution in [3.63, 3.8) is 0 Å². The first-order valence-corrected chi connectivity index (χ1v) is 6.13. The SMILES string of the molecule is CCNC(COC)CSC(C)CC. The Hall–Kier alpha value is 0.270. The van der Waals surface area contributed by atoms with E-state index in [2.05, 4.69) is 26.1 Å². The molecule has 1 N–H and O–H groups in total. The zero-order chi connectivity index (χ0) is 10.1. The van der Waals surface area contributed by atoms with Gasteiger partial charge in [0, 0.05) is 24.2 Å². The van der Waals surface area contributed by atoms with Crippen molar-refractivity contribution in [1.29, 1.82) is 0 Å². The highest BCUT2D eigenvalue weighted by molar-refractivity contribution is 7.99. The Morgan fingerprint density at radius 3 is 2.54 bits per heavy atom. The maximum atomic E-state index is 5.15. The van der Waals surface area contributed by atoms with Crippen molar-refractivity contribution in [3.05, 3.63) is 0 Å². The number of hydrogen-bond acceptors (Lipinski definition) is 3. The van der Waals surface area contributed by atoms with Crippen molar-refractivity contribution in [2.75, 3.05) is 26.0 Å². The number of rotatable bonds is 8. The van der Waals surface area contributed by atoms with Crippen LogP contribution < -0.4 is 5.32 Å². The largest absolute Gasteiger partial charge is 0.383 e. The average molecular weight is 205 g/mol. The summed E-state index contributed by atoms with van der Waals surface area (Å²) in [6.45, 7) is 8.49. The van der Waals surface area contributed by atoms with Crippen molar-refractivity contribution in [2.24, 2.45) is 0 Å². The molecule has 0 aliphatic heterocycles. The predicted octanol–water partition coefficient (Wildman–Crippen LogP) is 2.14. The maximum absolute atomic E-state index is 5.15. The Kier molecular flexibility index (Phi) is 9.03. The Balaban J connectivity index is 3.55. The molecule has 0 heterocycles. The van der Waals surface area contributed by atoms with Crippen LogP contribution in [0.25, 0.3) is 0 Å². The molecule has 80 valence electrons. The molecule has 2 unspecified atom stereocenters. The molecule has 2 atom stereocenters. The number of thioether (sulfide) groups is 1. The Morgan fingerprint density at radius 1 is 1.38 bits per heavy atom. The minimum absolute atomic E-state index is 0.508. The fourth-order valence-electron chi connectivity index (χ4n) is 1.05. The highest BCUT2D eigenvalue weighted by atomic mass is 32.2. The van der Waals surface area contributed by atoms with E-state index in [9.17, 15) is 0 Å². The van der Waals surface area contributed by atoms with E-state index in [1.165, 1.54) is 6.42 Å². The highest BCUT2D eigenvalue weighted by Gasteiger charge is 2.08. The summed E-state index contributed by atoms with van der Waals surface area (Å²) in [5.41, 5.74) is 0. The second-order valence-electron chi connectivity index (χ2n) is 3.26. The van der Waals surface area contributed by atoms with Gasteiger partial charge in [0.1, 0.15) is 0 Å². The van der Waals surface area contributed by atoms with Gasteiger partial charge in [0.15, 0.2) is 0 Å². The lowest BCUT2D eigenvalue weighted by Crippen LogP contribution is -2.35. The number of likely N-dealkylation sites (N-methyl/N-ethyl adjacent to an activating group) is 1. The summed E-state index contributed by atoms with van der Waals surface area (Å²) in [5.74, 6) is 1.15. The molecular formula is C10H23NOS. The van der Waals surface area contributed by atoms with E-state index < -0.39 is 0 Å². The number of hydrogen-bond donors (Lipinski definition) is 1. The molecular weight excluding hydrogens is 182 g/mol. The van der Waals surface area contributed by atoms with E-state index in [1.54, 1.807) is 7.11 Å². The quantitative estimate of drug-likeness (QED) is 0.656. The summed E-state index contributed by atoms with van der Waals surface area (Å²) in [4.78, 5) is 0. The summed E-state index contributed by atoms with van der Waals surface area (Å²) in [6.07, 6.45) is 1.25. The molecule has 0 saturated carbocycles. The second-order valence-corrected chi connectivity index (χ2v) is 4.73. The van der Waals surface area contributed by atoms with E-state index in [-0.39, 0.29) is 0 Å². The third-order valence-electron chi connectivity index (χ3n) is 2.02. The molecule has 0 amide bonds. The van der Waals surface area contributed by atoms with E-state index in [0.29, 0.717) is 6.04 Å². The summed E-state index contributed by atoms with van der Waals surface area (Å²) < 4.78 is 5.15. The van der Waals surface area contributed by atoms with Gasteiger partial charge in [-0.05, 0) is 13.0 Å². The smallest absolute Gasteiger partial charge is 0.0623 e. The van der Waals surface area contributed by atoms with Gasteiger partial charge in [-0.2, -0.15) is 11.8 Å². The van der Waals surface area contributed by atoms with Crippen LogP contribution in [0.3, 0.4) is 0 Å². The first-order chi connectivity index (χ1) is 6.24. The molecule has 0 aliphatic rings. The summed E-state index contributed by atoms with van der Waals surface area (Å²) >= 11 is 2.02. The van der Waals surface area contributed by atoms with Gasteiger partial charge in [-0.3, -0.25) is 0 Å². The molecule has 0 aromatic heterocycles. The van der Waals surface area contributed by atoms with E-state index in [0.717, 1.165) is 24.2 Å². The summed E-state index contributed by atoms with van der Waals surface area (Å²) in [7, 11) is 1.76. The van der Waals surface area contributed by atoms with Gasteiger partial charge in [-0.25, -0.2) is 0 Å². The molecule has 0 aromatic rings. The molecule has 0 fully saturated rings. The predicted molar refractivity (Wildman–Crippen MR) is 61.6 cm³/mol. The number of nitrogens with one attached hydrogen (secondary N) is 1. The van der Waals surface area contributed by atoms with Crippen molar-refractivity contribution >= 4 is 11.8 Å². The highest BCUT2D eigenvalue weighted by Crippen LogP contribution is 2.14. The van der Waals surface area contributed by atoms with Crippen LogP contribution in [0.5, 0.6) is 0 Å². The third-order valence-corrected chi connectivity index (χ3v) is 3.51. The van der Waals surface area contributed by atoms with Crippen LogP contribution in [0, 0.1) is 0 Å². The molecule has 0 saturated heterocycles. The lowest BCUT2D eigenvalue weighted by molar-refractivity contribution is 0.174. The van der Waals surface area contributed by atoms with Gasteiger partial charge < -0.3 is 10.1 Å². The Bertz CT molecular complexity index is 105. The molecule has 3 heteroatoms. The molecule has 0 aromatic carbocycles. The fourth-order valence-corrected chi connectivity index (χ4v) is 2.06. The van der Waals surface area contributed by atoms with Crippen molar-refractivity contribution in [1.82, 2.24) is 5.32 Å². The van der Waals surface area contributed by atoms with Crippen molar-refractivity contribution < 1.29 is 4.74 Å². The van der Waals surface area contributed by atoms with E-state index in [4.69, 9.17) is 4.74 Å². The first-order valence-electron chi connectivity index (χ1n) is 5.08. The van der Waals surface area contributed by atoms with Gasteiger partial charge in [0.05, 0.1) is 6.61 Å². The summed E-state index contributed by atoms with van der Waals surface area (Å²) in [6, 6.07) is 0.508. The van der Waals surface area contributed by atoms with Crippen molar-refractivity contribution in [2.45, 2.75) is 38.5 Å². The zero-order valence-corrected chi connectivity index (χ0v) is 10.1. The molecule has 0 spiro atoms. The first kappa shape index (κ1) is 13.3. The molecule has 0 radical (unpaired) electrons. The molecule has 0 rings (SSSR count). The van der Waals surface area contributed by atoms with Gasteiger partial charge in [-0.1, -0.05) is 20.8 Å². The van der Waals surface area contributed by atoms with Crippen molar-refractivity contribution in [3.8, 4) is 0 Å². The van der Waals surface area contributed by atoms with Gasteiger partial charge in [-0.15, -0.1) is 0 Å². The van der Waals surface area contributed by atoms with Crippen LogP contribution in [0.2, 0.25) is 0 Å². The molecule has 0 aliphatic carbocycles. The lowest BCUT2D eigenvalue weighted by atomic mass is 10.3. The summed E-state index contributed by atoms with van der Waals surface area (Å²) in [5, 5.41) is 4.18. The zero-order valence-electron chi connectivity index (χ0n) is 9.30. The van der Waals surface area contributed by atoms with E-state index in [1.807, 2.05) is 11.8 Å². The van der Waals surface area contributed by atoms with Gasteiger partial charge in [0.2, 0.25) is 0 Å². The van der Waals surface area contributed by atoms with Crippen LogP contribution in [-0.2, 0) is 4.74 Å². The molecule has 2 nitrogen and oxygen atoms in total.